The largest absolute Gasteiger partial charge is 0.497 e. The minimum absolute atomic E-state index is 0.327. The molecule has 1 heterocycles. The summed E-state index contributed by atoms with van der Waals surface area (Å²) >= 11 is 4.39. The molecule has 0 aliphatic heterocycles. The van der Waals surface area contributed by atoms with Crippen LogP contribution in [0, 0.1) is 2.88 Å². The Morgan fingerprint density at radius 1 is 1.38 bits per heavy atom. The van der Waals surface area contributed by atoms with Gasteiger partial charge in [-0.1, -0.05) is 12.1 Å². The van der Waals surface area contributed by atoms with E-state index in [1.165, 1.54) is 33.3 Å². The van der Waals surface area contributed by atoms with E-state index in [0.29, 0.717) is 12.1 Å². The zero-order chi connectivity index (χ0) is 14.8. The van der Waals surface area contributed by atoms with Gasteiger partial charge < -0.3 is 10.1 Å². The fraction of sp³-hybridized carbons (Fsp3) is 0.412. The van der Waals surface area contributed by atoms with Gasteiger partial charge in [0.25, 0.3) is 0 Å². The lowest BCUT2D eigenvalue weighted by Crippen LogP contribution is -2.27. The van der Waals surface area contributed by atoms with Crippen LogP contribution in [-0.2, 0) is 6.42 Å². The van der Waals surface area contributed by atoms with E-state index < -0.39 is 0 Å². The number of thiophene rings is 1. The maximum Gasteiger partial charge on any atom is 0.119 e. The number of halogens is 1. The van der Waals surface area contributed by atoms with Gasteiger partial charge in [0.2, 0.25) is 0 Å². The second-order valence-electron chi connectivity index (χ2n) is 5.54. The van der Waals surface area contributed by atoms with Crippen molar-refractivity contribution in [3.8, 4) is 5.75 Å². The normalized spacial score (nSPS) is 19.1. The van der Waals surface area contributed by atoms with Crippen LogP contribution in [0.15, 0.2) is 30.3 Å². The number of methoxy groups -OCH3 is 1. The highest BCUT2D eigenvalue weighted by Crippen LogP contribution is 2.37. The Morgan fingerprint density at radius 2 is 2.24 bits per heavy atom. The first kappa shape index (κ1) is 15.3. The third kappa shape index (κ3) is 3.43. The van der Waals surface area contributed by atoms with E-state index in [1.807, 2.05) is 17.4 Å². The Bertz CT molecular complexity index is 625. The fourth-order valence-corrected chi connectivity index (χ4v) is 5.12. The summed E-state index contributed by atoms with van der Waals surface area (Å²) in [6.07, 6.45) is 3.76. The highest BCUT2D eigenvalue weighted by molar-refractivity contribution is 14.1. The molecule has 1 aromatic heterocycles. The molecule has 2 aromatic rings. The Balaban J connectivity index is 1.77. The number of nitrogens with one attached hydrogen (secondary N) is 1. The van der Waals surface area contributed by atoms with Crippen LogP contribution in [0.4, 0.5) is 0 Å². The molecule has 1 aliphatic rings. The smallest absolute Gasteiger partial charge is 0.119 e. The van der Waals surface area contributed by atoms with Crippen LogP contribution in [0.1, 0.15) is 47.9 Å². The minimum atomic E-state index is 0.327. The number of ether oxygens (including phenoxy) is 1. The lowest BCUT2D eigenvalue weighted by molar-refractivity contribution is 0.405. The molecule has 1 aliphatic carbocycles. The first-order valence-electron chi connectivity index (χ1n) is 7.35. The molecule has 0 spiro atoms. The first-order valence-corrected chi connectivity index (χ1v) is 9.25. The van der Waals surface area contributed by atoms with Gasteiger partial charge in [-0.25, -0.2) is 0 Å². The van der Waals surface area contributed by atoms with E-state index in [4.69, 9.17) is 4.74 Å². The molecule has 112 valence electrons. The van der Waals surface area contributed by atoms with Crippen LogP contribution >= 0.6 is 33.9 Å². The van der Waals surface area contributed by atoms with Gasteiger partial charge in [-0.2, -0.15) is 0 Å². The van der Waals surface area contributed by atoms with Crippen molar-refractivity contribution in [1.82, 2.24) is 5.32 Å². The van der Waals surface area contributed by atoms with E-state index in [0.717, 1.165) is 5.75 Å². The first-order chi connectivity index (χ1) is 10.2. The topological polar surface area (TPSA) is 21.3 Å². The van der Waals surface area contributed by atoms with E-state index in [-0.39, 0.29) is 0 Å². The quantitative estimate of drug-likeness (QED) is 0.706. The zero-order valence-corrected chi connectivity index (χ0v) is 15.3. The van der Waals surface area contributed by atoms with Crippen LogP contribution in [0.5, 0.6) is 5.75 Å². The van der Waals surface area contributed by atoms with Crippen LogP contribution < -0.4 is 10.1 Å². The number of aryl methyl sites for hydroxylation is 1. The van der Waals surface area contributed by atoms with Crippen molar-refractivity contribution in [1.29, 1.82) is 0 Å². The molecule has 2 unspecified atom stereocenters. The Hall–Kier alpha value is -0.590. The summed E-state index contributed by atoms with van der Waals surface area (Å²) in [6, 6.07) is 11.5. The number of rotatable bonds is 4. The van der Waals surface area contributed by atoms with Crippen molar-refractivity contribution in [3.63, 3.8) is 0 Å². The average molecular weight is 413 g/mol. The zero-order valence-electron chi connectivity index (χ0n) is 12.4. The van der Waals surface area contributed by atoms with Crippen LogP contribution in [-0.4, -0.2) is 7.11 Å². The molecule has 3 rings (SSSR count). The molecule has 0 saturated carbocycles. The molecule has 1 N–H and O–H groups in total. The summed E-state index contributed by atoms with van der Waals surface area (Å²) in [6.45, 7) is 2.24. The van der Waals surface area contributed by atoms with Crippen LogP contribution in [0.2, 0.25) is 0 Å². The molecule has 1 aromatic carbocycles. The highest BCUT2D eigenvalue weighted by atomic mass is 127. The summed E-state index contributed by atoms with van der Waals surface area (Å²) in [5.74, 6) is 0.926. The Kier molecular flexibility index (Phi) is 4.86. The lowest BCUT2D eigenvalue weighted by atomic mass is 9.93. The minimum Gasteiger partial charge on any atom is -0.497 e. The van der Waals surface area contributed by atoms with E-state index in [1.54, 1.807) is 12.0 Å². The van der Waals surface area contributed by atoms with Crippen molar-refractivity contribution < 1.29 is 4.74 Å². The third-order valence-electron chi connectivity index (χ3n) is 4.13. The van der Waals surface area contributed by atoms with Gasteiger partial charge in [-0.15, -0.1) is 11.3 Å². The van der Waals surface area contributed by atoms with Crippen LogP contribution in [0.25, 0.3) is 0 Å². The maximum absolute atomic E-state index is 5.33. The lowest BCUT2D eigenvalue weighted by Gasteiger charge is -2.27. The summed E-state index contributed by atoms with van der Waals surface area (Å²) in [5, 5.41) is 3.80. The molecule has 0 bridgehead atoms. The number of benzene rings is 1. The third-order valence-corrected chi connectivity index (χ3v) is 6.10. The predicted molar refractivity (Wildman–Crippen MR) is 97.3 cm³/mol. The maximum atomic E-state index is 5.33. The van der Waals surface area contributed by atoms with E-state index >= 15 is 0 Å². The van der Waals surface area contributed by atoms with Crippen molar-refractivity contribution in [2.75, 3.05) is 7.11 Å². The molecular formula is C17H20INOS. The monoisotopic (exact) mass is 413 g/mol. The van der Waals surface area contributed by atoms with Gasteiger partial charge in [0.05, 0.1) is 9.99 Å². The fourth-order valence-electron chi connectivity index (χ4n) is 3.00. The summed E-state index contributed by atoms with van der Waals surface area (Å²) in [5.41, 5.74) is 2.80. The van der Waals surface area contributed by atoms with Gasteiger partial charge in [-0.3, -0.25) is 0 Å². The van der Waals surface area contributed by atoms with E-state index in [9.17, 15) is 0 Å². The van der Waals surface area contributed by atoms with Crippen molar-refractivity contribution in [2.24, 2.45) is 0 Å². The Labute approximate surface area is 144 Å². The summed E-state index contributed by atoms with van der Waals surface area (Å²) in [7, 11) is 1.72. The molecule has 0 fully saturated rings. The number of fused-ring (bicyclic) bond motifs is 1. The van der Waals surface area contributed by atoms with Gasteiger partial charge in [0.1, 0.15) is 5.75 Å². The molecule has 21 heavy (non-hydrogen) atoms. The SMILES string of the molecule is COc1cccc(C(C)NC2CCCc3sc(I)cc32)c1. The molecule has 2 atom stereocenters. The summed E-state index contributed by atoms with van der Waals surface area (Å²) < 4.78 is 6.73. The van der Waals surface area contributed by atoms with Crippen LogP contribution in [0.3, 0.4) is 0 Å². The van der Waals surface area contributed by atoms with Crippen molar-refractivity contribution in [3.05, 3.63) is 49.2 Å². The molecule has 4 heteroatoms. The van der Waals surface area contributed by atoms with Crippen molar-refractivity contribution >= 4 is 33.9 Å². The van der Waals surface area contributed by atoms with Gasteiger partial charge in [-0.05, 0) is 78.1 Å². The molecular weight excluding hydrogens is 393 g/mol. The molecule has 0 amide bonds. The number of hydrogen-bond donors (Lipinski definition) is 1. The molecule has 0 radical (unpaired) electrons. The predicted octanol–water partition coefficient (Wildman–Crippen LogP) is 5.09. The average Bonchev–Trinajstić information content (AvgIpc) is 2.88. The standard InChI is InChI=1S/C17H20INOS/c1-11(12-5-3-6-13(9-12)20-2)19-15-7-4-8-16-14(15)10-17(18)21-16/h3,5-6,9-11,15,19H,4,7-8H2,1-2H3. The molecule has 2 nitrogen and oxygen atoms in total. The van der Waals surface area contributed by atoms with Gasteiger partial charge >= 0.3 is 0 Å². The highest BCUT2D eigenvalue weighted by Gasteiger charge is 2.24. The number of hydrogen-bond acceptors (Lipinski definition) is 3. The summed E-state index contributed by atoms with van der Waals surface area (Å²) in [4.78, 5) is 1.57. The van der Waals surface area contributed by atoms with Gasteiger partial charge in [0, 0.05) is 17.0 Å². The molecule has 0 saturated heterocycles. The second kappa shape index (κ2) is 6.67. The second-order valence-corrected chi connectivity index (χ2v) is 8.57. The van der Waals surface area contributed by atoms with Crippen molar-refractivity contribution in [2.45, 2.75) is 38.3 Å². The van der Waals surface area contributed by atoms with E-state index in [2.05, 4.69) is 59.1 Å². The Morgan fingerprint density at radius 3 is 3.05 bits per heavy atom. The van der Waals surface area contributed by atoms with Gasteiger partial charge in [0.15, 0.2) is 0 Å².